The molecular formula is C21H25N7O2. The van der Waals surface area contributed by atoms with Crippen LogP contribution in [0.25, 0.3) is 5.69 Å². The minimum absolute atomic E-state index is 0.239. The number of rotatable bonds is 8. The number of nitrogens with zero attached hydrogens (tertiary/aromatic N) is 3. The summed E-state index contributed by atoms with van der Waals surface area (Å²) in [7, 11) is 1.63. The number of amidine groups is 1. The lowest BCUT2D eigenvalue weighted by Crippen LogP contribution is -2.31. The van der Waals surface area contributed by atoms with E-state index < -0.39 is 0 Å². The number of nitrogens with two attached hydrogens (primary N) is 2. The standard InChI is InChI=1S/C21H25N7O2/c1-30-14-16-4-2-3-5-18(16)25-20-21(29)28(13-12-24-20)17-9-6-15(7-10-17)8-11-19(26-22)27-23/h2-7,9-10,12-13H,8,11,14,22-23H2,1H3,(H,24,25)(H,26,27). The lowest BCUT2D eigenvalue weighted by molar-refractivity contribution is 0.185. The number of para-hydroxylation sites is 1. The maximum absolute atomic E-state index is 13.0. The van der Waals surface area contributed by atoms with Crippen LogP contribution in [0.5, 0.6) is 0 Å². The van der Waals surface area contributed by atoms with Gasteiger partial charge in [0.25, 0.3) is 5.56 Å². The monoisotopic (exact) mass is 407 g/mol. The van der Waals surface area contributed by atoms with Crippen molar-refractivity contribution in [1.82, 2.24) is 15.0 Å². The topological polar surface area (TPSA) is 133 Å². The Morgan fingerprint density at radius 3 is 2.67 bits per heavy atom. The number of ether oxygens (including phenoxy) is 1. The number of hydrazine groups is 1. The van der Waals surface area contributed by atoms with Crippen molar-refractivity contribution in [1.29, 1.82) is 0 Å². The van der Waals surface area contributed by atoms with Crippen molar-refractivity contribution in [3.8, 4) is 5.69 Å². The second-order valence-electron chi connectivity index (χ2n) is 6.55. The molecule has 1 heterocycles. The molecule has 0 spiro atoms. The average Bonchev–Trinajstić information content (AvgIpc) is 2.78. The van der Waals surface area contributed by atoms with Crippen LogP contribution in [0.1, 0.15) is 17.5 Å². The van der Waals surface area contributed by atoms with Gasteiger partial charge in [-0.2, -0.15) is 5.10 Å². The Hall–Kier alpha value is -3.69. The van der Waals surface area contributed by atoms with Crippen LogP contribution in [-0.4, -0.2) is 22.5 Å². The molecule has 0 saturated carbocycles. The summed E-state index contributed by atoms with van der Waals surface area (Å²) < 4.78 is 6.77. The highest BCUT2D eigenvalue weighted by Crippen LogP contribution is 2.19. The van der Waals surface area contributed by atoms with Crippen molar-refractivity contribution in [3.63, 3.8) is 0 Å². The van der Waals surface area contributed by atoms with E-state index >= 15 is 0 Å². The first-order chi connectivity index (χ1) is 14.7. The van der Waals surface area contributed by atoms with Crippen LogP contribution in [-0.2, 0) is 17.8 Å². The van der Waals surface area contributed by atoms with Gasteiger partial charge in [-0.1, -0.05) is 30.3 Å². The number of hydrogen-bond donors (Lipinski definition) is 4. The van der Waals surface area contributed by atoms with Crippen LogP contribution in [0.15, 0.2) is 70.8 Å². The predicted octanol–water partition coefficient (Wildman–Crippen LogP) is 1.79. The van der Waals surface area contributed by atoms with E-state index in [0.717, 1.165) is 28.9 Å². The molecule has 3 aromatic rings. The SMILES string of the molecule is COCc1ccccc1Nc1nccn(-c2ccc(CC/C(=N/N)NN)cc2)c1=O. The van der Waals surface area contributed by atoms with Crippen LogP contribution in [0.2, 0.25) is 0 Å². The summed E-state index contributed by atoms with van der Waals surface area (Å²) in [4.78, 5) is 17.2. The highest BCUT2D eigenvalue weighted by molar-refractivity contribution is 5.81. The van der Waals surface area contributed by atoms with Crippen LogP contribution in [0.3, 0.4) is 0 Å². The van der Waals surface area contributed by atoms with Gasteiger partial charge in [0.15, 0.2) is 5.82 Å². The molecule has 30 heavy (non-hydrogen) atoms. The van der Waals surface area contributed by atoms with E-state index in [2.05, 4.69) is 20.8 Å². The van der Waals surface area contributed by atoms with Crippen molar-refractivity contribution in [2.24, 2.45) is 16.8 Å². The van der Waals surface area contributed by atoms with Crippen LogP contribution < -0.4 is 28.0 Å². The first kappa shape index (κ1) is 21.0. The normalized spacial score (nSPS) is 11.3. The Bertz CT molecular complexity index is 1060. The fourth-order valence-corrected chi connectivity index (χ4v) is 3.01. The zero-order valence-corrected chi connectivity index (χ0v) is 16.7. The number of aromatic nitrogens is 2. The molecule has 0 radical (unpaired) electrons. The Kier molecular flexibility index (Phi) is 7.14. The highest BCUT2D eigenvalue weighted by atomic mass is 16.5. The number of nitrogens with one attached hydrogen (secondary N) is 2. The second kappa shape index (κ2) is 10.2. The number of hydrazone groups is 1. The number of anilines is 2. The smallest absolute Gasteiger partial charge is 0.298 e. The van der Waals surface area contributed by atoms with E-state index in [-0.39, 0.29) is 11.4 Å². The summed E-state index contributed by atoms with van der Waals surface area (Å²) in [6.07, 6.45) is 4.54. The average molecular weight is 407 g/mol. The number of hydrogen-bond acceptors (Lipinski definition) is 7. The molecule has 9 heteroatoms. The Balaban J connectivity index is 1.81. The van der Waals surface area contributed by atoms with Gasteiger partial charge in [-0.25, -0.2) is 10.8 Å². The number of methoxy groups -OCH3 is 1. The first-order valence-corrected chi connectivity index (χ1v) is 9.40. The lowest BCUT2D eigenvalue weighted by atomic mass is 10.1. The van der Waals surface area contributed by atoms with Gasteiger partial charge in [0, 0.05) is 42.9 Å². The van der Waals surface area contributed by atoms with E-state index in [1.807, 2.05) is 48.5 Å². The van der Waals surface area contributed by atoms with Gasteiger partial charge in [0.2, 0.25) is 0 Å². The maximum Gasteiger partial charge on any atom is 0.298 e. The van der Waals surface area contributed by atoms with Gasteiger partial charge in [-0.3, -0.25) is 9.36 Å². The molecule has 1 aromatic heterocycles. The summed E-state index contributed by atoms with van der Waals surface area (Å²) in [6, 6.07) is 15.3. The summed E-state index contributed by atoms with van der Waals surface area (Å²) in [6.45, 7) is 0.432. The first-order valence-electron chi connectivity index (χ1n) is 9.40. The van der Waals surface area contributed by atoms with Gasteiger partial charge >= 0.3 is 0 Å². The number of benzene rings is 2. The third kappa shape index (κ3) is 5.02. The molecule has 0 aliphatic heterocycles. The quantitative estimate of drug-likeness (QED) is 0.194. The molecule has 0 unspecified atom stereocenters. The Labute approximate surface area is 174 Å². The minimum Gasteiger partial charge on any atom is -0.380 e. The maximum atomic E-state index is 13.0. The molecule has 0 aliphatic rings. The predicted molar refractivity (Wildman–Crippen MR) is 118 cm³/mol. The van der Waals surface area contributed by atoms with Crippen LogP contribution in [0.4, 0.5) is 11.5 Å². The van der Waals surface area contributed by atoms with E-state index in [1.165, 1.54) is 0 Å². The lowest BCUT2D eigenvalue weighted by Gasteiger charge is -2.12. The molecule has 9 nitrogen and oxygen atoms in total. The van der Waals surface area contributed by atoms with Crippen molar-refractivity contribution in [2.75, 3.05) is 12.4 Å². The van der Waals surface area contributed by atoms with Gasteiger partial charge in [0.05, 0.1) is 6.61 Å². The molecule has 0 atom stereocenters. The third-order valence-corrected chi connectivity index (χ3v) is 4.60. The molecule has 156 valence electrons. The largest absolute Gasteiger partial charge is 0.380 e. The molecule has 6 N–H and O–H groups in total. The second-order valence-corrected chi connectivity index (χ2v) is 6.55. The molecule has 2 aromatic carbocycles. The van der Waals surface area contributed by atoms with Crippen molar-refractivity contribution < 1.29 is 4.74 Å². The molecule has 0 amide bonds. The highest BCUT2D eigenvalue weighted by Gasteiger charge is 2.09. The third-order valence-electron chi connectivity index (χ3n) is 4.60. The summed E-state index contributed by atoms with van der Waals surface area (Å²) >= 11 is 0. The summed E-state index contributed by atoms with van der Waals surface area (Å²) in [5.74, 6) is 11.4. The Morgan fingerprint density at radius 2 is 1.97 bits per heavy atom. The molecule has 0 bridgehead atoms. The van der Waals surface area contributed by atoms with E-state index in [1.54, 1.807) is 24.1 Å². The van der Waals surface area contributed by atoms with Gasteiger partial charge in [-0.05, 0) is 30.2 Å². The molecular weight excluding hydrogens is 382 g/mol. The molecule has 0 saturated heterocycles. The van der Waals surface area contributed by atoms with Crippen LogP contribution in [0, 0.1) is 0 Å². The van der Waals surface area contributed by atoms with Gasteiger partial charge < -0.3 is 21.3 Å². The zero-order valence-electron chi connectivity index (χ0n) is 16.7. The van der Waals surface area contributed by atoms with Crippen molar-refractivity contribution in [3.05, 3.63) is 82.4 Å². The minimum atomic E-state index is -0.248. The molecule has 0 aliphatic carbocycles. The fourth-order valence-electron chi connectivity index (χ4n) is 3.01. The summed E-state index contributed by atoms with van der Waals surface area (Å²) in [5.41, 5.74) is 5.75. The van der Waals surface area contributed by atoms with Crippen LogP contribution >= 0.6 is 0 Å². The van der Waals surface area contributed by atoms with Crippen molar-refractivity contribution in [2.45, 2.75) is 19.4 Å². The van der Waals surface area contributed by atoms with E-state index in [9.17, 15) is 4.79 Å². The van der Waals surface area contributed by atoms with Gasteiger partial charge in [0.1, 0.15) is 5.84 Å². The zero-order chi connectivity index (χ0) is 21.3. The molecule has 3 rings (SSSR count). The number of aryl methyl sites for hydroxylation is 1. The molecule has 0 fully saturated rings. The van der Waals surface area contributed by atoms with Crippen molar-refractivity contribution >= 4 is 17.3 Å². The summed E-state index contributed by atoms with van der Waals surface area (Å²) in [5, 5.41) is 6.70. The van der Waals surface area contributed by atoms with E-state index in [0.29, 0.717) is 18.9 Å². The fraction of sp³-hybridized carbons (Fsp3) is 0.190. The Morgan fingerprint density at radius 1 is 1.20 bits per heavy atom. The van der Waals surface area contributed by atoms with E-state index in [4.69, 9.17) is 16.4 Å². The van der Waals surface area contributed by atoms with Gasteiger partial charge in [-0.15, -0.1) is 0 Å².